The van der Waals surface area contributed by atoms with Crippen LogP contribution in [0.5, 0.6) is 5.88 Å². The van der Waals surface area contributed by atoms with Crippen LogP contribution in [0.3, 0.4) is 0 Å². The molecule has 0 spiro atoms. The van der Waals surface area contributed by atoms with Gasteiger partial charge in [0.2, 0.25) is 5.88 Å². The first-order valence-electron chi connectivity index (χ1n) is 13.4. The van der Waals surface area contributed by atoms with Crippen LogP contribution in [0, 0.1) is 18.8 Å². The lowest BCUT2D eigenvalue weighted by Gasteiger charge is -2.13. The largest absolute Gasteiger partial charge is 0.464 e. The Balaban J connectivity index is 0.000000230. The van der Waals surface area contributed by atoms with E-state index in [1.54, 1.807) is 44.3 Å². The lowest BCUT2D eigenvalue weighted by molar-refractivity contribution is 0.0964. The van der Waals surface area contributed by atoms with E-state index < -0.39 is 5.91 Å². The van der Waals surface area contributed by atoms with Crippen LogP contribution in [-0.2, 0) is 0 Å². The van der Waals surface area contributed by atoms with Gasteiger partial charge in [0.15, 0.2) is 12.4 Å². The topological polar surface area (TPSA) is 124 Å². The number of ether oxygens (including phenoxy) is 1. The molecule has 0 saturated heterocycles. The average Bonchev–Trinajstić information content (AvgIpc) is 3.43. The maximum Gasteiger partial charge on any atom is 0.260 e. The van der Waals surface area contributed by atoms with E-state index in [0.717, 1.165) is 11.3 Å². The molecular weight excluding hydrogens is 717 g/mol. The lowest BCUT2D eigenvalue weighted by atomic mass is 10.1. The van der Waals surface area contributed by atoms with Crippen molar-refractivity contribution < 1.29 is 14.3 Å². The molecule has 0 saturated carbocycles. The number of aromatic nitrogens is 5. The molecule has 0 atom stereocenters. The van der Waals surface area contributed by atoms with E-state index in [4.69, 9.17) is 39.5 Å². The average molecular weight is 742 g/mol. The Morgan fingerprint density at radius 2 is 1.78 bits per heavy atom. The highest BCUT2D eigenvalue weighted by Crippen LogP contribution is 2.28. The molecule has 5 aromatic rings. The van der Waals surface area contributed by atoms with Crippen molar-refractivity contribution in [3.8, 4) is 34.8 Å². The Bertz CT molecular complexity index is 1960. The van der Waals surface area contributed by atoms with Gasteiger partial charge in [-0.25, -0.2) is 19.6 Å². The van der Waals surface area contributed by atoms with Crippen molar-refractivity contribution in [2.45, 2.75) is 13.8 Å². The summed E-state index contributed by atoms with van der Waals surface area (Å²) in [5, 5.41) is 11.0. The number of halogens is 4. The molecule has 5 rings (SSSR count). The molecule has 3 heterocycles. The third-order valence-corrected chi connectivity index (χ3v) is 7.45. The van der Waals surface area contributed by atoms with Crippen LogP contribution in [-0.4, -0.2) is 50.2 Å². The first kappa shape index (κ1) is 34.4. The lowest BCUT2D eigenvalue weighted by Crippen LogP contribution is -2.22. The number of hydrogen-bond donors (Lipinski definition) is 2. The zero-order valence-electron chi connectivity index (χ0n) is 24.6. The third-order valence-electron chi connectivity index (χ3n) is 6.11. The normalized spacial score (nSPS) is 10.2. The number of pyridine rings is 1. The Morgan fingerprint density at radius 3 is 2.50 bits per heavy atom. The molecule has 0 aliphatic heterocycles. The molecule has 14 heteroatoms. The minimum absolute atomic E-state index is 0.249. The number of nitrogens with one attached hydrogen (secondary N) is 2. The Morgan fingerprint density at radius 1 is 0.978 bits per heavy atom. The summed E-state index contributed by atoms with van der Waals surface area (Å²) in [6.07, 6.45) is 4.53. The molecule has 10 nitrogen and oxygen atoms in total. The number of anilines is 1. The van der Waals surface area contributed by atoms with Gasteiger partial charge in [-0.2, -0.15) is 5.10 Å². The number of aryl methyl sites for hydroxylation is 1. The first-order chi connectivity index (χ1) is 22.1. The van der Waals surface area contributed by atoms with E-state index in [-0.39, 0.29) is 17.0 Å². The van der Waals surface area contributed by atoms with Gasteiger partial charge in [0, 0.05) is 41.1 Å². The van der Waals surface area contributed by atoms with Gasteiger partial charge in [0.1, 0.15) is 10.9 Å². The zero-order chi connectivity index (χ0) is 33.2. The summed E-state index contributed by atoms with van der Waals surface area (Å²) in [4.78, 5) is 37.4. The summed E-state index contributed by atoms with van der Waals surface area (Å²) in [5.74, 6) is 5.63. The van der Waals surface area contributed by atoms with Crippen molar-refractivity contribution in [3.63, 3.8) is 0 Å². The minimum atomic E-state index is -0.458. The molecule has 0 unspecified atom stereocenters. The van der Waals surface area contributed by atoms with E-state index in [1.165, 1.54) is 30.3 Å². The van der Waals surface area contributed by atoms with E-state index in [0.29, 0.717) is 49.2 Å². The molecular formula is C32H25BrCl3N7O3. The standard InChI is InChI=1S/C18H14BrCl2N5O2.C14H11ClN2O/c1-9-6-10(20)7-11(17(27)22-2)14(9)24-18(28)12-8-26(25-15(12)19)16-13(21)4-3-5-23-16;1-2-3-7-18-14-9-13(16-10-17-14)11-5-4-6-12(15)8-11/h3-8H,1-2H3,(H,22,27)(H,24,28);4-6,8-10H,7H2,1H3. The molecule has 0 radical (unpaired) electrons. The molecule has 0 fully saturated rings. The SMILES string of the molecule is CC#CCOc1cc(-c2cccc(Cl)c2)ncn1.CNC(=O)c1cc(Cl)cc(C)c1NC(=O)c1cn(-c2ncccc2Cl)nc1Br. The van der Waals surface area contributed by atoms with Crippen molar-refractivity contribution >= 4 is 68.2 Å². The second-order valence-corrected chi connectivity index (χ2v) is 11.3. The van der Waals surface area contributed by atoms with Crippen molar-refractivity contribution in [2.75, 3.05) is 19.0 Å². The van der Waals surface area contributed by atoms with Crippen molar-refractivity contribution in [1.29, 1.82) is 0 Å². The zero-order valence-corrected chi connectivity index (χ0v) is 28.5. The van der Waals surface area contributed by atoms with Crippen LogP contribution >= 0.6 is 50.7 Å². The Kier molecular flexibility index (Phi) is 12.1. The van der Waals surface area contributed by atoms with Crippen LogP contribution in [0.15, 0.2) is 77.9 Å². The molecule has 0 aliphatic rings. The molecule has 2 N–H and O–H groups in total. The van der Waals surface area contributed by atoms with Crippen LogP contribution in [0.4, 0.5) is 5.69 Å². The summed E-state index contributed by atoms with van der Waals surface area (Å²) in [6, 6.07) is 15.8. The summed E-state index contributed by atoms with van der Waals surface area (Å²) in [6.45, 7) is 3.84. The summed E-state index contributed by atoms with van der Waals surface area (Å²) in [7, 11) is 1.50. The highest BCUT2D eigenvalue weighted by Gasteiger charge is 2.21. The molecule has 0 aliphatic carbocycles. The third kappa shape index (κ3) is 8.83. The quantitative estimate of drug-likeness (QED) is 0.166. The second kappa shape index (κ2) is 16.2. The van der Waals surface area contributed by atoms with E-state index in [1.807, 2.05) is 24.3 Å². The summed E-state index contributed by atoms with van der Waals surface area (Å²) in [5.41, 5.74) is 3.22. The van der Waals surface area contributed by atoms with E-state index in [9.17, 15) is 9.59 Å². The number of benzene rings is 2. The number of amides is 2. The first-order valence-corrected chi connectivity index (χ1v) is 15.3. The van der Waals surface area contributed by atoms with Crippen LogP contribution in [0.2, 0.25) is 15.1 Å². The maximum absolute atomic E-state index is 12.9. The predicted molar refractivity (Wildman–Crippen MR) is 183 cm³/mol. The van der Waals surface area contributed by atoms with Crippen LogP contribution in [0.25, 0.3) is 17.1 Å². The van der Waals surface area contributed by atoms with Gasteiger partial charge in [0.05, 0.1) is 27.5 Å². The fraction of sp³-hybridized carbons (Fsp3) is 0.125. The van der Waals surface area contributed by atoms with E-state index >= 15 is 0 Å². The van der Waals surface area contributed by atoms with Crippen molar-refractivity contribution in [3.05, 3.63) is 110 Å². The van der Waals surface area contributed by atoms with Crippen LogP contribution in [0.1, 0.15) is 33.2 Å². The number of carbonyl (C=O) groups is 2. The maximum atomic E-state index is 12.9. The highest BCUT2D eigenvalue weighted by molar-refractivity contribution is 9.10. The smallest absolute Gasteiger partial charge is 0.260 e. The van der Waals surface area contributed by atoms with Gasteiger partial charge in [-0.15, -0.1) is 5.92 Å². The second-order valence-electron chi connectivity index (χ2n) is 9.23. The van der Waals surface area contributed by atoms with Gasteiger partial charge in [-0.1, -0.05) is 52.9 Å². The molecule has 46 heavy (non-hydrogen) atoms. The molecule has 2 amide bonds. The molecule has 0 bridgehead atoms. The summed E-state index contributed by atoms with van der Waals surface area (Å²) < 4.78 is 7.09. The van der Waals surface area contributed by atoms with Gasteiger partial charge in [-0.05, 0) is 71.7 Å². The monoisotopic (exact) mass is 739 g/mol. The molecule has 2 aromatic carbocycles. The van der Waals surface area contributed by atoms with Crippen LogP contribution < -0.4 is 15.4 Å². The van der Waals surface area contributed by atoms with E-state index in [2.05, 4.69) is 58.5 Å². The fourth-order valence-corrected chi connectivity index (χ4v) is 5.09. The number of rotatable bonds is 7. The predicted octanol–water partition coefficient (Wildman–Crippen LogP) is 7.46. The number of hydrogen-bond acceptors (Lipinski definition) is 7. The number of carbonyl (C=O) groups excluding carboxylic acids is 2. The fourth-order valence-electron chi connectivity index (χ4n) is 3.97. The van der Waals surface area contributed by atoms with Gasteiger partial charge >= 0.3 is 0 Å². The van der Waals surface area contributed by atoms with Crippen molar-refractivity contribution in [1.82, 2.24) is 30.0 Å². The Hall–Kier alpha value is -4.47. The molecule has 3 aromatic heterocycles. The minimum Gasteiger partial charge on any atom is -0.464 e. The van der Waals surface area contributed by atoms with Gasteiger partial charge < -0.3 is 15.4 Å². The van der Waals surface area contributed by atoms with Gasteiger partial charge in [0.25, 0.3) is 11.8 Å². The highest BCUT2D eigenvalue weighted by atomic mass is 79.9. The molecule has 234 valence electrons. The Labute approximate surface area is 288 Å². The van der Waals surface area contributed by atoms with Crippen molar-refractivity contribution in [2.24, 2.45) is 0 Å². The number of nitrogens with zero attached hydrogens (tertiary/aromatic N) is 5. The van der Waals surface area contributed by atoms with Gasteiger partial charge in [-0.3, -0.25) is 9.59 Å². The summed E-state index contributed by atoms with van der Waals surface area (Å²) >= 11 is 21.4.